The van der Waals surface area contributed by atoms with Crippen LogP contribution in [0.3, 0.4) is 0 Å². The van der Waals surface area contributed by atoms with E-state index in [0.717, 1.165) is 42.7 Å². The maximum absolute atomic E-state index is 5.57. The Bertz CT molecular complexity index is 911. The summed E-state index contributed by atoms with van der Waals surface area (Å²) >= 11 is 1.50. The van der Waals surface area contributed by atoms with E-state index in [1.165, 1.54) is 17.1 Å². The standard InChI is InChI=1S/C20H26N6OS/c1-13(2)17-22-20(28-24-17)26-11-9-25(10-12-26)15(4)19-21-18(23-27-19)16-7-5-14(3)6-8-16/h5-8,13,15H,9-12H2,1-4H3. The minimum absolute atomic E-state index is 0.0921. The summed E-state index contributed by atoms with van der Waals surface area (Å²) in [7, 11) is 0. The molecule has 0 radical (unpaired) electrons. The van der Waals surface area contributed by atoms with Gasteiger partial charge in [-0.05, 0) is 13.8 Å². The second-order valence-corrected chi connectivity index (χ2v) is 8.34. The van der Waals surface area contributed by atoms with Crippen LogP contribution in [0.5, 0.6) is 0 Å². The molecule has 1 aromatic carbocycles. The van der Waals surface area contributed by atoms with Crippen molar-refractivity contribution in [1.29, 1.82) is 0 Å². The fourth-order valence-corrected chi connectivity index (χ4v) is 4.13. The first-order valence-corrected chi connectivity index (χ1v) is 10.5. The van der Waals surface area contributed by atoms with Crippen LogP contribution in [-0.4, -0.2) is 50.6 Å². The smallest absolute Gasteiger partial charge is 0.244 e. The molecule has 7 nitrogen and oxygen atoms in total. The predicted molar refractivity (Wildman–Crippen MR) is 111 cm³/mol. The molecule has 1 unspecified atom stereocenters. The van der Waals surface area contributed by atoms with Crippen molar-refractivity contribution in [2.75, 3.05) is 31.1 Å². The molecule has 0 saturated carbocycles. The molecule has 0 bridgehead atoms. The molecule has 0 aliphatic carbocycles. The van der Waals surface area contributed by atoms with Crippen molar-refractivity contribution < 1.29 is 4.52 Å². The predicted octanol–water partition coefficient (Wildman–Crippen LogP) is 3.90. The molecule has 1 fully saturated rings. The van der Waals surface area contributed by atoms with Crippen LogP contribution in [0.2, 0.25) is 0 Å². The Balaban J connectivity index is 1.38. The number of piperazine rings is 1. The van der Waals surface area contributed by atoms with Crippen molar-refractivity contribution in [3.63, 3.8) is 0 Å². The summed E-state index contributed by atoms with van der Waals surface area (Å²) in [4.78, 5) is 14.0. The third kappa shape index (κ3) is 3.93. The molecule has 3 heterocycles. The molecule has 0 N–H and O–H groups in total. The lowest BCUT2D eigenvalue weighted by molar-refractivity contribution is 0.164. The number of anilines is 1. The van der Waals surface area contributed by atoms with Crippen LogP contribution in [0.25, 0.3) is 11.4 Å². The Morgan fingerprint density at radius 2 is 1.71 bits per heavy atom. The van der Waals surface area contributed by atoms with Gasteiger partial charge in [0.05, 0.1) is 6.04 Å². The molecule has 0 amide bonds. The first-order chi connectivity index (χ1) is 13.5. The summed E-state index contributed by atoms with van der Waals surface area (Å²) in [6.07, 6.45) is 0. The van der Waals surface area contributed by atoms with Gasteiger partial charge < -0.3 is 9.42 Å². The van der Waals surface area contributed by atoms with Crippen LogP contribution in [0.15, 0.2) is 28.8 Å². The van der Waals surface area contributed by atoms with Gasteiger partial charge in [-0.25, -0.2) is 4.98 Å². The van der Waals surface area contributed by atoms with E-state index in [2.05, 4.69) is 69.1 Å². The summed E-state index contributed by atoms with van der Waals surface area (Å²) in [6, 6.07) is 8.27. The third-order valence-corrected chi connectivity index (χ3v) is 5.98. The van der Waals surface area contributed by atoms with E-state index < -0.39 is 0 Å². The maximum Gasteiger partial charge on any atom is 0.244 e. The fourth-order valence-electron chi connectivity index (χ4n) is 3.27. The lowest BCUT2D eigenvalue weighted by Gasteiger charge is -2.36. The van der Waals surface area contributed by atoms with Crippen LogP contribution >= 0.6 is 11.5 Å². The summed E-state index contributed by atoms with van der Waals surface area (Å²) in [6.45, 7) is 12.2. The Morgan fingerprint density at radius 3 is 2.36 bits per heavy atom. The molecule has 2 aromatic heterocycles. The highest BCUT2D eigenvalue weighted by molar-refractivity contribution is 7.09. The Labute approximate surface area is 169 Å². The van der Waals surface area contributed by atoms with Crippen LogP contribution < -0.4 is 4.90 Å². The first-order valence-electron chi connectivity index (χ1n) is 9.74. The third-order valence-electron chi connectivity index (χ3n) is 5.19. The highest BCUT2D eigenvalue weighted by Gasteiger charge is 2.27. The zero-order valence-corrected chi connectivity index (χ0v) is 17.6. The minimum atomic E-state index is 0.0921. The van der Waals surface area contributed by atoms with Crippen molar-refractivity contribution >= 4 is 16.7 Å². The molecule has 148 valence electrons. The van der Waals surface area contributed by atoms with Gasteiger partial charge in [0.15, 0.2) is 0 Å². The Hall–Kier alpha value is -2.32. The van der Waals surface area contributed by atoms with Crippen LogP contribution in [0.4, 0.5) is 5.13 Å². The van der Waals surface area contributed by atoms with Gasteiger partial charge >= 0.3 is 0 Å². The SMILES string of the molecule is Cc1ccc(-c2noc(C(C)N3CCN(c4nc(C(C)C)ns4)CC3)n2)cc1. The van der Waals surface area contributed by atoms with Crippen LogP contribution in [0, 0.1) is 6.92 Å². The normalized spacial score (nSPS) is 16.7. The van der Waals surface area contributed by atoms with Gasteiger partial charge in [-0.15, -0.1) is 0 Å². The van der Waals surface area contributed by atoms with Gasteiger partial charge in [-0.2, -0.15) is 9.36 Å². The van der Waals surface area contributed by atoms with Gasteiger partial charge in [-0.1, -0.05) is 48.8 Å². The van der Waals surface area contributed by atoms with Crippen LogP contribution in [-0.2, 0) is 0 Å². The second-order valence-electron chi connectivity index (χ2n) is 7.61. The van der Waals surface area contributed by atoms with E-state index in [0.29, 0.717) is 17.6 Å². The molecule has 8 heteroatoms. The summed E-state index contributed by atoms with van der Waals surface area (Å²) in [5, 5.41) is 5.20. The molecule has 1 atom stereocenters. The molecule has 1 aliphatic rings. The highest BCUT2D eigenvalue weighted by atomic mass is 32.1. The lowest BCUT2D eigenvalue weighted by Crippen LogP contribution is -2.47. The van der Waals surface area contributed by atoms with E-state index in [4.69, 9.17) is 4.52 Å². The average Bonchev–Trinajstić information content (AvgIpc) is 3.38. The Kier molecular flexibility index (Phi) is 5.41. The van der Waals surface area contributed by atoms with E-state index >= 15 is 0 Å². The van der Waals surface area contributed by atoms with Crippen molar-refractivity contribution in [1.82, 2.24) is 24.4 Å². The molecule has 4 rings (SSSR count). The summed E-state index contributed by atoms with van der Waals surface area (Å²) < 4.78 is 10.0. The number of rotatable bonds is 5. The molecular weight excluding hydrogens is 372 g/mol. The monoisotopic (exact) mass is 398 g/mol. The quantitative estimate of drug-likeness (QED) is 0.645. The number of hydrogen-bond donors (Lipinski definition) is 0. The van der Waals surface area contributed by atoms with Gasteiger partial charge in [0.25, 0.3) is 0 Å². The van der Waals surface area contributed by atoms with E-state index in [1.54, 1.807) is 0 Å². The molecule has 3 aromatic rings. The maximum atomic E-state index is 5.57. The minimum Gasteiger partial charge on any atom is -0.344 e. The number of hydrogen-bond acceptors (Lipinski definition) is 8. The molecule has 1 saturated heterocycles. The largest absolute Gasteiger partial charge is 0.344 e. The first kappa shape index (κ1) is 19.0. The van der Waals surface area contributed by atoms with Crippen LogP contribution in [0.1, 0.15) is 50.0 Å². The number of benzene rings is 1. The zero-order chi connectivity index (χ0) is 19.7. The van der Waals surface area contributed by atoms with Gasteiger partial charge in [-0.3, -0.25) is 4.90 Å². The Morgan fingerprint density at radius 1 is 1.00 bits per heavy atom. The number of nitrogens with zero attached hydrogens (tertiary/aromatic N) is 6. The van der Waals surface area contributed by atoms with Crippen molar-refractivity contribution in [3.8, 4) is 11.4 Å². The van der Waals surface area contributed by atoms with Gasteiger partial charge in [0.2, 0.25) is 16.8 Å². The van der Waals surface area contributed by atoms with Crippen molar-refractivity contribution in [2.45, 2.75) is 39.7 Å². The second kappa shape index (κ2) is 7.97. The van der Waals surface area contributed by atoms with Gasteiger partial charge in [0.1, 0.15) is 5.82 Å². The van der Waals surface area contributed by atoms with Crippen molar-refractivity contribution in [3.05, 3.63) is 41.5 Å². The van der Waals surface area contributed by atoms with Gasteiger partial charge in [0, 0.05) is 49.2 Å². The van der Waals surface area contributed by atoms with E-state index in [1.807, 2.05) is 12.1 Å². The topological polar surface area (TPSA) is 71.2 Å². The zero-order valence-electron chi connectivity index (χ0n) is 16.8. The summed E-state index contributed by atoms with van der Waals surface area (Å²) in [5.74, 6) is 2.62. The fraction of sp³-hybridized carbons (Fsp3) is 0.500. The van der Waals surface area contributed by atoms with Crippen molar-refractivity contribution in [2.24, 2.45) is 0 Å². The molecule has 28 heavy (non-hydrogen) atoms. The lowest BCUT2D eigenvalue weighted by atomic mass is 10.1. The number of aromatic nitrogens is 4. The molecule has 0 spiro atoms. The molecular formula is C20H26N6OS. The van der Waals surface area contributed by atoms with E-state index in [9.17, 15) is 0 Å². The van der Waals surface area contributed by atoms with E-state index in [-0.39, 0.29) is 6.04 Å². The highest BCUT2D eigenvalue weighted by Crippen LogP contribution is 2.26. The number of aryl methyl sites for hydroxylation is 1. The molecule has 1 aliphatic heterocycles. The average molecular weight is 399 g/mol. The summed E-state index contributed by atoms with van der Waals surface area (Å²) in [5.41, 5.74) is 2.20.